The molecule has 44 heavy (non-hydrogen) atoms. The first kappa shape index (κ1) is 31.2. The van der Waals surface area contributed by atoms with Crippen LogP contribution in [0.1, 0.15) is 70.4 Å². The molecule has 1 spiro atoms. The molecule has 3 atom stereocenters. The second-order valence-electron chi connectivity index (χ2n) is 11.3. The normalized spacial score (nSPS) is 23.0. The Morgan fingerprint density at radius 1 is 1.11 bits per heavy atom. The molecular formula is C32H33F3N2O7. The Hall–Kier alpha value is -4.19. The van der Waals surface area contributed by atoms with Crippen LogP contribution in [0.15, 0.2) is 48.6 Å². The number of amides is 2. The van der Waals surface area contributed by atoms with Gasteiger partial charge in [0.05, 0.1) is 29.8 Å². The predicted octanol–water partition coefficient (Wildman–Crippen LogP) is 3.01. The van der Waals surface area contributed by atoms with Gasteiger partial charge in [0.1, 0.15) is 25.2 Å². The minimum atomic E-state index is -5.19. The van der Waals surface area contributed by atoms with E-state index in [1.807, 2.05) is 12.1 Å². The molecule has 6 rings (SSSR count). The molecule has 2 aromatic carbocycles. The smallest absolute Gasteiger partial charge is 0.430 e. The molecule has 2 amide bonds. The number of aliphatic hydroxyl groups is 1. The van der Waals surface area contributed by atoms with Gasteiger partial charge in [0.25, 0.3) is 11.8 Å². The Morgan fingerprint density at radius 2 is 1.77 bits per heavy atom. The van der Waals surface area contributed by atoms with Gasteiger partial charge in [-0.05, 0) is 37.1 Å². The van der Waals surface area contributed by atoms with Crippen molar-refractivity contribution in [3.63, 3.8) is 0 Å². The van der Waals surface area contributed by atoms with Gasteiger partial charge < -0.3 is 24.5 Å². The van der Waals surface area contributed by atoms with Crippen molar-refractivity contribution >= 4 is 24.0 Å². The Bertz CT molecular complexity index is 1480. The van der Waals surface area contributed by atoms with E-state index < -0.39 is 18.2 Å². The number of carboxylic acid groups (broad SMARTS) is 1. The first-order chi connectivity index (χ1) is 21.0. The van der Waals surface area contributed by atoms with Gasteiger partial charge >= 0.3 is 6.18 Å². The lowest BCUT2D eigenvalue weighted by atomic mass is 9.69. The highest BCUT2D eigenvalue weighted by Gasteiger charge is 2.53. The van der Waals surface area contributed by atoms with Crippen molar-refractivity contribution < 1.29 is 51.8 Å². The number of methoxy groups -OCH3 is 1. The molecule has 0 saturated heterocycles. The van der Waals surface area contributed by atoms with Gasteiger partial charge in [-0.15, -0.1) is 0 Å². The standard InChI is InChI=1S/C30H33N2O5.C2HF3O2/c1-36-24-11-10-20-19-31(17-14-30-13-12-21(33)18-25(30)37-27(24)26(20)30)15-6-2-3-7-16-32-28(34)22-8-4-5-9-23(22)29(32)35;3-2(4,5)1(6)7/h4-5,8-13,19,21,25,33H,2-3,6-7,14-18H2,1H3;(H,6,7)/q+1;/p-1/t21-,25-,30-;/m0./s1. The summed E-state index contributed by atoms with van der Waals surface area (Å²) < 4.78 is 45.9. The van der Waals surface area contributed by atoms with Gasteiger partial charge in [-0.1, -0.05) is 30.7 Å². The summed E-state index contributed by atoms with van der Waals surface area (Å²) in [6, 6.07) is 11.1. The zero-order chi connectivity index (χ0) is 31.6. The number of fused-ring (bicyclic) bond motifs is 1. The number of ether oxygens (including phenoxy) is 2. The summed E-state index contributed by atoms with van der Waals surface area (Å²) in [7, 11) is 1.67. The fourth-order valence-electron chi connectivity index (χ4n) is 6.40. The zero-order valence-electron chi connectivity index (χ0n) is 24.1. The first-order valence-electron chi connectivity index (χ1n) is 14.5. The molecule has 0 aromatic heterocycles. The number of aliphatic carboxylic acids is 1. The van der Waals surface area contributed by atoms with Gasteiger partial charge in [0, 0.05) is 36.9 Å². The number of carboxylic acids is 1. The van der Waals surface area contributed by atoms with E-state index in [1.54, 1.807) is 31.4 Å². The van der Waals surface area contributed by atoms with E-state index in [4.69, 9.17) is 19.4 Å². The Kier molecular flexibility index (Phi) is 8.83. The molecule has 1 aliphatic carbocycles. The van der Waals surface area contributed by atoms with Crippen LogP contribution in [0.5, 0.6) is 11.5 Å². The van der Waals surface area contributed by atoms with Crippen molar-refractivity contribution in [1.29, 1.82) is 0 Å². The van der Waals surface area contributed by atoms with Crippen molar-refractivity contribution in [1.82, 2.24) is 4.90 Å². The number of hydrogen-bond donors (Lipinski definition) is 1. The number of halogens is 3. The summed E-state index contributed by atoms with van der Waals surface area (Å²) in [5, 5.41) is 19.0. The molecule has 12 heteroatoms. The average molecular weight is 615 g/mol. The number of carbonyl (C=O) groups is 3. The monoisotopic (exact) mass is 614 g/mol. The summed E-state index contributed by atoms with van der Waals surface area (Å²) in [4.78, 5) is 35.3. The maximum absolute atomic E-state index is 12.5. The highest BCUT2D eigenvalue weighted by atomic mass is 19.4. The van der Waals surface area contributed by atoms with E-state index in [-0.39, 0.29) is 23.3 Å². The summed E-state index contributed by atoms with van der Waals surface area (Å²) in [5.41, 5.74) is 3.14. The molecule has 234 valence electrons. The lowest BCUT2D eigenvalue weighted by Crippen LogP contribution is -2.42. The van der Waals surface area contributed by atoms with Crippen molar-refractivity contribution in [2.24, 2.45) is 0 Å². The van der Waals surface area contributed by atoms with Gasteiger partial charge in [-0.3, -0.25) is 14.5 Å². The molecule has 0 unspecified atom stereocenters. The predicted molar refractivity (Wildman–Crippen MR) is 150 cm³/mol. The summed E-state index contributed by atoms with van der Waals surface area (Å²) in [6.45, 7) is 2.33. The maximum Gasteiger partial charge on any atom is 0.430 e. The molecule has 0 bridgehead atoms. The van der Waals surface area contributed by atoms with Crippen LogP contribution in [-0.4, -0.2) is 83.7 Å². The number of unbranched alkanes of at least 4 members (excludes halogenated alkanes) is 3. The molecule has 2 aromatic rings. The highest BCUT2D eigenvalue weighted by Crippen LogP contribution is 2.54. The first-order valence-corrected chi connectivity index (χ1v) is 14.5. The number of imide groups is 1. The van der Waals surface area contributed by atoms with Crippen LogP contribution in [0, 0.1) is 0 Å². The minimum absolute atomic E-state index is 0.0898. The SMILES string of the molecule is COc1ccc2c3c1O[C@H]1C[C@@H](O)C=C[C@@]31CC[N+](CCCCCCN1C(=O)c3ccccc3C1=O)=C2.O=C([O-])C(F)(F)F. The van der Waals surface area contributed by atoms with Gasteiger partial charge in [-0.2, -0.15) is 13.2 Å². The number of aliphatic hydroxyl groups excluding tert-OH is 1. The zero-order valence-corrected chi connectivity index (χ0v) is 24.1. The van der Waals surface area contributed by atoms with Crippen LogP contribution in [0.3, 0.4) is 0 Å². The van der Waals surface area contributed by atoms with E-state index in [2.05, 4.69) is 22.9 Å². The second kappa shape index (κ2) is 12.4. The third-order valence-electron chi connectivity index (χ3n) is 8.57. The molecule has 1 N–H and O–H groups in total. The number of alkyl halides is 3. The van der Waals surface area contributed by atoms with Crippen LogP contribution >= 0.6 is 0 Å². The van der Waals surface area contributed by atoms with Gasteiger partial charge in [0.2, 0.25) is 0 Å². The topological polar surface area (TPSA) is 119 Å². The summed E-state index contributed by atoms with van der Waals surface area (Å²) in [5.74, 6) is -1.79. The molecule has 0 saturated carbocycles. The molecular weight excluding hydrogens is 581 g/mol. The summed E-state index contributed by atoms with van der Waals surface area (Å²) >= 11 is 0. The molecule has 0 fully saturated rings. The van der Waals surface area contributed by atoms with Crippen LogP contribution in [-0.2, 0) is 10.2 Å². The van der Waals surface area contributed by atoms with Crippen molar-refractivity contribution in [2.75, 3.05) is 26.7 Å². The molecule has 9 nitrogen and oxygen atoms in total. The lowest BCUT2D eigenvalue weighted by molar-refractivity contribution is -0.524. The number of hydrogen-bond acceptors (Lipinski definition) is 7. The molecule has 3 heterocycles. The number of rotatable bonds is 8. The Labute approximate surface area is 252 Å². The van der Waals surface area contributed by atoms with Crippen LogP contribution in [0.2, 0.25) is 0 Å². The van der Waals surface area contributed by atoms with E-state index in [9.17, 15) is 27.9 Å². The minimum Gasteiger partial charge on any atom is -0.542 e. The van der Waals surface area contributed by atoms with Crippen molar-refractivity contribution in [3.8, 4) is 11.5 Å². The largest absolute Gasteiger partial charge is 0.542 e. The quantitative estimate of drug-likeness (QED) is 0.210. The van der Waals surface area contributed by atoms with E-state index in [0.29, 0.717) is 24.1 Å². The van der Waals surface area contributed by atoms with E-state index >= 15 is 0 Å². The number of carbonyl (C=O) groups excluding carboxylic acids is 3. The molecule has 4 aliphatic rings. The fraction of sp³-hybridized carbons (Fsp3) is 0.438. The lowest BCUT2D eigenvalue weighted by Gasteiger charge is -2.34. The average Bonchev–Trinajstić information content (AvgIpc) is 3.38. The fourth-order valence-corrected chi connectivity index (χ4v) is 6.40. The van der Waals surface area contributed by atoms with Crippen LogP contribution in [0.25, 0.3) is 0 Å². The Balaban J connectivity index is 0.000000493. The summed E-state index contributed by atoms with van der Waals surface area (Å²) in [6.07, 6.45) is 5.93. The number of benzene rings is 2. The van der Waals surface area contributed by atoms with Crippen molar-refractivity contribution in [2.45, 2.75) is 62.3 Å². The van der Waals surface area contributed by atoms with Crippen molar-refractivity contribution in [3.05, 3.63) is 70.8 Å². The van der Waals surface area contributed by atoms with Crippen LogP contribution < -0.4 is 14.6 Å². The molecule has 3 aliphatic heterocycles. The highest BCUT2D eigenvalue weighted by molar-refractivity contribution is 6.21. The molecule has 0 radical (unpaired) electrons. The maximum atomic E-state index is 12.5. The van der Waals surface area contributed by atoms with E-state index in [1.165, 1.54) is 10.5 Å². The second-order valence-corrected chi connectivity index (χ2v) is 11.3. The van der Waals surface area contributed by atoms with Crippen LogP contribution in [0.4, 0.5) is 13.2 Å². The van der Waals surface area contributed by atoms with Gasteiger partial charge in [0.15, 0.2) is 17.7 Å². The van der Waals surface area contributed by atoms with Gasteiger partial charge in [-0.25, -0.2) is 4.58 Å². The van der Waals surface area contributed by atoms with E-state index in [0.717, 1.165) is 62.3 Å². The number of nitrogens with zero attached hydrogens (tertiary/aromatic N) is 2. The third-order valence-corrected chi connectivity index (χ3v) is 8.57. The Morgan fingerprint density at radius 3 is 2.41 bits per heavy atom. The third kappa shape index (κ3) is 5.95.